The lowest BCUT2D eigenvalue weighted by atomic mass is 10.1. The van der Waals surface area contributed by atoms with Crippen LogP contribution < -0.4 is 5.73 Å². The van der Waals surface area contributed by atoms with E-state index >= 15 is 0 Å². The number of hydrogen-bond donors (Lipinski definition) is 1. The number of nitrogen functional groups attached to an aromatic ring is 1. The average Bonchev–Trinajstić information content (AvgIpc) is 2.09. The van der Waals surface area contributed by atoms with Crippen LogP contribution in [0.3, 0.4) is 0 Å². The summed E-state index contributed by atoms with van der Waals surface area (Å²) < 4.78 is 13.1. The second-order valence-electron chi connectivity index (χ2n) is 2.58. The van der Waals surface area contributed by atoms with Crippen molar-refractivity contribution in [2.24, 2.45) is 0 Å². The lowest BCUT2D eigenvalue weighted by Gasteiger charge is -2.00. The molecule has 1 rings (SSSR count). The summed E-state index contributed by atoms with van der Waals surface area (Å²) in [5, 5.41) is 0. The molecule has 0 saturated carbocycles. The van der Waals surface area contributed by atoms with Crippen LogP contribution in [0.2, 0.25) is 0 Å². The van der Waals surface area contributed by atoms with Crippen LogP contribution in [0.1, 0.15) is 11.1 Å². The third-order valence-corrected chi connectivity index (χ3v) is 1.62. The van der Waals surface area contributed by atoms with Crippen molar-refractivity contribution in [2.75, 3.05) is 5.73 Å². The minimum Gasteiger partial charge on any atom is -0.398 e. The van der Waals surface area contributed by atoms with Crippen molar-refractivity contribution in [3.63, 3.8) is 0 Å². The summed E-state index contributed by atoms with van der Waals surface area (Å²) in [6.07, 6.45) is 0.422. The molecule has 0 unspecified atom stereocenters. The number of aryl methyl sites for hydroxylation is 1. The number of hydrogen-bond acceptors (Lipinski definition) is 2. The van der Waals surface area contributed by atoms with Crippen molar-refractivity contribution in [1.29, 1.82) is 0 Å². The van der Waals surface area contributed by atoms with Gasteiger partial charge in [-0.05, 0) is 30.5 Å². The average molecular weight is 177 g/mol. The van der Waals surface area contributed by atoms with Crippen LogP contribution >= 0.6 is 0 Å². The van der Waals surface area contributed by atoms with Gasteiger partial charge in [0.05, 0.1) is 5.56 Å². The highest BCUT2D eigenvalue weighted by Gasteiger charge is 2.02. The van der Waals surface area contributed by atoms with Crippen LogP contribution in [-0.2, 0) is 4.79 Å². The van der Waals surface area contributed by atoms with Gasteiger partial charge in [0.1, 0.15) is 5.82 Å². The Morgan fingerprint density at radius 1 is 1.54 bits per heavy atom. The number of nitrogens with two attached hydrogens (primary N) is 1. The first kappa shape index (κ1) is 9.27. The normalized spacial score (nSPS) is 8.77. The van der Waals surface area contributed by atoms with Crippen LogP contribution in [0.4, 0.5) is 10.1 Å². The van der Waals surface area contributed by atoms with E-state index in [1.807, 2.05) is 0 Å². The molecule has 0 heterocycles. The van der Waals surface area contributed by atoms with Gasteiger partial charge in [-0.1, -0.05) is 5.92 Å². The van der Waals surface area contributed by atoms with Crippen molar-refractivity contribution >= 4 is 12.0 Å². The molecule has 0 bridgehead atoms. The molecule has 0 fully saturated rings. The predicted octanol–water partition coefficient (Wildman–Crippen LogP) is 1.27. The maximum Gasteiger partial charge on any atom is 0.193 e. The maximum absolute atomic E-state index is 13.1. The van der Waals surface area contributed by atoms with Gasteiger partial charge in [-0.2, -0.15) is 0 Å². The SMILES string of the molecule is Cc1cc(C#CC=O)c(F)cc1N. The van der Waals surface area contributed by atoms with Crippen molar-refractivity contribution in [3.8, 4) is 11.8 Å². The van der Waals surface area contributed by atoms with Crippen LogP contribution in [0.15, 0.2) is 12.1 Å². The van der Waals surface area contributed by atoms with Crippen LogP contribution in [0.5, 0.6) is 0 Å². The number of carbonyl (C=O) groups is 1. The largest absolute Gasteiger partial charge is 0.398 e. The molecule has 0 aliphatic carbocycles. The smallest absolute Gasteiger partial charge is 0.193 e. The monoisotopic (exact) mass is 177 g/mol. The Morgan fingerprint density at radius 2 is 2.23 bits per heavy atom. The second kappa shape index (κ2) is 3.72. The summed E-state index contributed by atoms with van der Waals surface area (Å²) in [4.78, 5) is 9.92. The molecule has 0 aliphatic rings. The molecular weight excluding hydrogens is 169 g/mol. The molecule has 0 aliphatic heterocycles. The van der Waals surface area contributed by atoms with E-state index in [0.717, 1.165) is 5.56 Å². The van der Waals surface area contributed by atoms with Crippen molar-refractivity contribution in [3.05, 3.63) is 29.1 Å². The van der Waals surface area contributed by atoms with E-state index in [0.29, 0.717) is 12.0 Å². The quantitative estimate of drug-likeness (QED) is 0.368. The summed E-state index contributed by atoms with van der Waals surface area (Å²) in [5.74, 6) is 4.02. The molecule has 66 valence electrons. The van der Waals surface area contributed by atoms with Gasteiger partial charge in [0.15, 0.2) is 6.29 Å². The summed E-state index contributed by atoms with van der Waals surface area (Å²) in [6, 6.07) is 2.71. The zero-order chi connectivity index (χ0) is 9.84. The zero-order valence-electron chi connectivity index (χ0n) is 7.10. The Kier molecular flexibility index (Phi) is 2.65. The Labute approximate surface area is 75.6 Å². The Balaban J connectivity index is 3.23. The van der Waals surface area contributed by atoms with Gasteiger partial charge < -0.3 is 5.73 Å². The van der Waals surface area contributed by atoms with Crippen LogP contribution in [-0.4, -0.2) is 6.29 Å². The van der Waals surface area contributed by atoms with E-state index in [2.05, 4.69) is 11.8 Å². The number of anilines is 1. The first-order valence-corrected chi connectivity index (χ1v) is 3.66. The minimum atomic E-state index is -0.502. The lowest BCUT2D eigenvalue weighted by molar-refractivity contribution is -0.103. The van der Waals surface area contributed by atoms with Crippen LogP contribution in [0, 0.1) is 24.6 Å². The first-order chi connectivity index (χ1) is 6.15. The summed E-state index contributed by atoms with van der Waals surface area (Å²) in [6.45, 7) is 1.75. The molecule has 0 amide bonds. The Bertz CT molecular complexity index is 401. The second-order valence-corrected chi connectivity index (χ2v) is 2.58. The van der Waals surface area contributed by atoms with Gasteiger partial charge in [0.2, 0.25) is 0 Å². The zero-order valence-corrected chi connectivity index (χ0v) is 7.10. The molecule has 0 aromatic heterocycles. The molecule has 0 atom stereocenters. The molecular formula is C10H8FNO. The molecule has 1 aromatic rings. The molecule has 3 heteroatoms. The first-order valence-electron chi connectivity index (χ1n) is 3.66. The number of benzene rings is 1. The topological polar surface area (TPSA) is 43.1 Å². The van der Waals surface area contributed by atoms with Crippen molar-refractivity contribution in [1.82, 2.24) is 0 Å². The van der Waals surface area contributed by atoms with Gasteiger partial charge in [0, 0.05) is 5.69 Å². The highest BCUT2D eigenvalue weighted by atomic mass is 19.1. The molecule has 0 radical (unpaired) electrons. The van der Waals surface area contributed by atoms with E-state index in [4.69, 9.17) is 5.73 Å². The van der Waals surface area contributed by atoms with Crippen molar-refractivity contribution < 1.29 is 9.18 Å². The van der Waals surface area contributed by atoms with Gasteiger partial charge in [-0.15, -0.1) is 0 Å². The Hall–Kier alpha value is -1.82. The lowest BCUT2D eigenvalue weighted by Crippen LogP contribution is -1.93. The fourth-order valence-electron chi connectivity index (χ4n) is 0.900. The fourth-order valence-corrected chi connectivity index (χ4v) is 0.900. The number of aldehydes is 1. The molecule has 2 nitrogen and oxygen atoms in total. The number of halogens is 1. The van der Waals surface area contributed by atoms with E-state index in [9.17, 15) is 9.18 Å². The molecule has 0 saturated heterocycles. The van der Waals surface area contributed by atoms with Crippen molar-refractivity contribution in [2.45, 2.75) is 6.92 Å². The van der Waals surface area contributed by atoms with Crippen LogP contribution in [0.25, 0.3) is 0 Å². The fraction of sp³-hybridized carbons (Fsp3) is 0.100. The Morgan fingerprint density at radius 3 is 2.85 bits per heavy atom. The third kappa shape index (κ3) is 2.06. The van der Waals surface area contributed by atoms with E-state index in [1.165, 1.54) is 12.1 Å². The van der Waals surface area contributed by atoms with E-state index in [1.54, 1.807) is 6.92 Å². The molecule has 1 aromatic carbocycles. The standard InChI is InChI=1S/C10H8FNO/c1-7-5-8(3-2-4-13)9(11)6-10(7)12/h4-6H,12H2,1H3. The predicted molar refractivity (Wildman–Crippen MR) is 48.5 cm³/mol. The van der Waals surface area contributed by atoms with Gasteiger partial charge in [-0.3, -0.25) is 4.79 Å². The maximum atomic E-state index is 13.1. The summed E-state index contributed by atoms with van der Waals surface area (Å²) in [5.41, 5.74) is 6.78. The van der Waals surface area contributed by atoms with Gasteiger partial charge in [-0.25, -0.2) is 4.39 Å². The highest BCUT2D eigenvalue weighted by Crippen LogP contribution is 2.15. The van der Waals surface area contributed by atoms with E-state index < -0.39 is 5.82 Å². The van der Waals surface area contributed by atoms with Gasteiger partial charge >= 0.3 is 0 Å². The minimum absolute atomic E-state index is 0.193. The van der Waals surface area contributed by atoms with E-state index in [-0.39, 0.29) is 5.56 Å². The number of rotatable bonds is 0. The highest BCUT2D eigenvalue weighted by molar-refractivity contribution is 5.74. The molecule has 13 heavy (non-hydrogen) atoms. The summed E-state index contributed by atoms with van der Waals surface area (Å²) >= 11 is 0. The molecule has 0 spiro atoms. The molecule has 2 N–H and O–H groups in total. The summed E-state index contributed by atoms with van der Waals surface area (Å²) in [7, 11) is 0. The third-order valence-electron chi connectivity index (χ3n) is 1.62. The number of carbonyl (C=O) groups excluding carboxylic acids is 1. The van der Waals surface area contributed by atoms with Gasteiger partial charge in [0.25, 0.3) is 0 Å².